The van der Waals surface area contributed by atoms with Gasteiger partial charge in [0.2, 0.25) is 0 Å². The Hall–Kier alpha value is -2.69. The van der Waals surface area contributed by atoms with Crippen LogP contribution in [0.2, 0.25) is 0 Å². The van der Waals surface area contributed by atoms with E-state index >= 15 is 0 Å². The van der Waals surface area contributed by atoms with Crippen molar-refractivity contribution in [2.45, 2.75) is 26.2 Å². The molecule has 0 N–H and O–H groups in total. The second-order valence-electron chi connectivity index (χ2n) is 7.07. The van der Waals surface area contributed by atoms with Crippen LogP contribution in [0.25, 0.3) is 5.65 Å². The third-order valence-corrected chi connectivity index (χ3v) is 3.84. The minimum absolute atomic E-state index is 0.102. The summed E-state index contributed by atoms with van der Waals surface area (Å²) in [5.41, 5.74) is 3.70. The molecule has 3 rings (SSSR count). The molecule has 0 fully saturated rings. The maximum absolute atomic E-state index is 4.74. The normalized spacial score (nSPS) is 12.2. The van der Waals surface area contributed by atoms with Crippen LogP contribution in [0.3, 0.4) is 0 Å². The number of fused-ring (bicyclic) bond motifs is 1. The summed E-state index contributed by atoms with van der Waals surface area (Å²) in [6, 6.07) is 14.0. The molecule has 0 aliphatic rings. The van der Waals surface area contributed by atoms with E-state index in [1.165, 1.54) is 0 Å². The molecule has 0 atom stereocenters. The van der Waals surface area contributed by atoms with Crippen molar-refractivity contribution in [3.05, 3.63) is 54.4 Å². The lowest BCUT2D eigenvalue weighted by atomic mass is 9.92. The van der Waals surface area contributed by atoms with Gasteiger partial charge in [-0.15, -0.1) is 10.2 Å². The Balaban J connectivity index is 2.02. The van der Waals surface area contributed by atoms with Crippen LogP contribution in [-0.2, 0) is 5.41 Å². The maximum Gasteiger partial charge on any atom is 0.183 e. The van der Waals surface area contributed by atoms with E-state index in [0.717, 1.165) is 28.5 Å². The first-order valence-electron chi connectivity index (χ1n) is 8.03. The summed E-state index contributed by atoms with van der Waals surface area (Å²) in [7, 11) is 4.04. The van der Waals surface area contributed by atoms with Crippen LogP contribution in [0.4, 0.5) is 17.2 Å². The molecule has 0 amide bonds. The molecule has 0 radical (unpaired) electrons. The smallest absolute Gasteiger partial charge is 0.183 e. The van der Waals surface area contributed by atoms with Gasteiger partial charge in [-0.2, -0.15) is 0 Å². The molecule has 1 aromatic carbocycles. The van der Waals surface area contributed by atoms with E-state index in [1.807, 2.05) is 67.2 Å². The van der Waals surface area contributed by atoms with E-state index in [-0.39, 0.29) is 5.41 Å². The zero-order valence-corrected chi connectivity index (χ0v) is 14.9. The van der Waals surface area contributed by atoms with Crippen molar-refractivity contribution in [3.63, 3.8) is 0 Å². The van der Waals surface area contributed by atoms with Crippen molar-refractivity contribution in [1.29, 1.82) is 0 Å². The predicted octanol–water partition coefficient (Wildman–Crippen LogP) is 5.11. The monoisotopic (exact) mass is 321 g/mol. The van der Waals surface area contributed by atoms with Crippen LogP contribution in [0.15, 0.2) is 58.9 Å². The Kier molecular flexibility index (Phi) is 4.09. The molecule has 2 aromatic heterocycles. The fraction of sp³-hybridized carbons (Fsp3) is 0.316. The summed E-state index contributed by atoms with van der Waals surface area (Å²) in [6.45, 7) is 6.42. The van der Waals surface area contributed by atoms with Crippen LogP contribution < -0.4 is 4.90 Å². The van der Waals surface area contributed by atoms with Crippen molar-refractivity contribution < 1.29 is 0 Å². The van der Waals surface area contributed by atoms with E-state index in [9.17, 15) is 0 Å². The highest BCUT2D eigenvalue weighted by Crippen LogP contribution is 2.33. The zero-order valence-electron chi connectivity index (χ0n) is 14.9. The van der Waals surface area contributed by atoms with Crippen molar-refractivity contribution in [3.8, 4) is 0 Å². The van der Waals surface area contributed by atoms with E-state index in [1.54, 1.807) is 0 Å². The van der Waals surface area contributed by atoms with E-state index in [4.69, 9.17) is 4.98 Å². The number of benzene rings is 1. The number of aromatic nitrogens is 2. The van der Waals surface area contributed by atoms with Crippen molar-refractivity contribution in [1.82, 2.24) is 9.38 Å². The minimum Gasteiger partial charge on any atom is -0.378 e. The van der Waals surface area contributed by atoms with Gasteiger partial charge in [-0.25, -0.2) is 4.98 Å². The van der Waals surface area contributed by atoms with Crippen molar-refractivity contribution in [2.75, 3.05) is 19.0 Å². The average molecular weight is 321 g/mol. The van der Waals surface area contributed by atoms with Crippen LogP contribution in [0.5, 0.6) is 0 Å². The lowest BCUT2D eigenvalue weighted by Crippen LogP contribution is -2.11. The zero-order chi connectivity index (χ0) is 17.3. The Morgan fingerprint density at radius 1 is 0.958 bits per heavy atom. The summed E-state index contributed by atoms with van der Waals surface area (Å²) < 4.78 is 1.98. The molecular weight excluding hydrogens is 298 g/mol. The number of hydrogen-bond acceptors (Lipinski definition) is 4. The fourth-order valence-electron chi connectivity index (χ4n) is 2.50. The van der Waals surface area contributed by atoms with Gasteiger partial charge in [0.15, 0.2) is 5.82 Å². The molecule has 2 heterocycles. The molecule has 5 heteroatoms. The number of pyridine rings is 1. The summed E-state index contributed by atoms with van der Waals surface area (Å²) in [6.07, 6.45) is 1.97. The lowest BCUT2D eigenvalue weighted by molar-refractivity contribution is 0.574. The van der Waals surface area contributed by atoms with Crippen LogP contribution in [0, 0.1) is 0 Å². The SMILES string of the molecule is CN(C)c1ccc(N=Nc2c(C(C)(C)C)nc3ccccn23)cc1. The highest BCUT2D eigenvalue weighted by atomic mass is 15.2. The standard InChI is InChI=1S/C19H23N5/c1-19(2,3)17-18(24-13-7-6-8-16(24)20-17)22-21-14-9-11-15(12-10-14)23(4)5/h6-13H,1-5H3. The number of azo groups is 1. The first kappa shape index (κ1) is 16.2. The van der Waals surface area contributed by atoms with E-state index < -0.39 is 0 Å². The second-order valence-corrected chi connectivity index (χ2v) is 7.07. The number of rotatable bonds is 3. The third-order valence-electron chi connectivity index (χ3n) is 3.84. The Morgan fingerprint density at radius 3 is 2.29 bits per heavy atom. The van der Waals surface area contributed by atoms with Gasteiger partial charge in [0.1, 0.15) is 5.65 Å². The highest BCUT2D eigenvalue weighted by molar-refractivity contribution is 5.55. The molecule has 0 unspecified atom stereocenters. The Morgan fingerprint density at radius 2 is 1.67 bits per heavy atom. The van der Waals surface area contributed by atoms with E-state index in [0.29, 0.717) is 0 Å². The molecule has 0 saturated heterocycles. The quantitative estimate of drug-likeness (QED) is 0.629. The number of anilines is 1. The van der Waals surface area contributed by atoms with Gasteiger partial charge >= 0.3 is 0 Å². The largest absolute Gasteiger partial charge is 0.378 e. The number of imidazole rings is 1. The third kappa shape index (κ3) is 3.15. The summed E-state index contributed by atoms with van der Waals surface area (Å²) in [4.78, 5) is 6.79. The second kappa shape index (κ2) is 6.07. The topological polar surface area (TPSA) is 45.3 Å². The van der Waals surface area contributed by atoms with Crippen molar-refractivity contribution >= 4 is 22.8 Å². The van der Waals surface area contributed by atoms with Gasteiger partial charge < -0.3 is 4.90 Å². The van der Waals surface area contributed by atoms with Gasteiger partial charge in [0.05, 0.1) is 11.4 Å². The summed E-state index contributed by atoms with van der Waals surface area (Å²) >= 11 is 0. The number of nitrogens with zero attached hydrogens (tertiary/aromatic N) is 5. The summed E-state index contributed by atoms with van der Waals surface area (Å²) in [5.74, 6) is 0.787. The average Bonchev–Trinajstić information content (AvgIpc) is 2.92. The Labute approximate surface area is 142 Å². The first-order chi connectivity index (χ1) is 11.4. The van der Waals surface area contributed by atoms with Gasteiger partial charge in [0.25, 0.3) is 0 Å². The number of hydrogen-bond donors (Lipinski definition) is 0. The van der Waals surface area contributed by atoms with Crippen molar-refractivity contribution in [2.24, 2.45) is 10.2 Å². The maximum atomic E-state index is 4.74. The highest BCUT2D eigenvalue weighted by Gasteiger charge is 2.23. The van der Waals surface area contributed by atoms with Crippen LogP contribution in [0.1, 0.15) is 26.5 Å². The molecule has 0 bridgehead atoms. The van der Waals surface area contributed by atoms with Gasteiger partial charge in [-0.3, -0.25) is 4.40 Å². The molecular formula is C19H23N5. The molecule has 3 aromatic rings. The van der Waals surface area contributed by atoms with E-state index in [2.05, 4.69) is 35.9 Å². The molecule has 5 nitrogen and oxygen atoms in total. The van der Waals surface area contributed by atoms with Crippen LogP contribution >= 0.6 is 0 Å². The lowest BCUT2D eigenvalue weighted by Gasteiger charge is -2.15. The molecule has 0 saturated carbocycles. The summed E-state index contributed by atoms with van der Waals surface area (Å²) in [5, 5.41) is 8.94. The predicted molar refractivity (Wildman–Crippen MR) is 98.8 cm³/mol. The first-order valence-corrected chi connectivity index (χ1v) is 8.03. The molecule has 0 aliphatic heterocycles. The van der Waals surface area contributed by atoms with Gasteiger partial charge in [0, 0.05) is 31.4 Å². The van der Waals surface area contributed by atoms with Gasteiger partial charge in [-0.05, 0) is 36.4 Å². The van der Waals surface area contributed by atoms with Gasteiger partial charge in [-0.1, -0.05) is 26.8 Å². The molecule has 24 heavy (non-hydrogen) atoms. The minimum atomic E-state index is -0.102. The molecule has 0 aliphatic carbocycles. The van der Waals surface area contributed by atoms with Crippen LogP contribution in [-0.4, -0.2) is 23.5 Å². The molecule has 124 valence electrons. The molecule has 0 spiro atoms. The Bertz CT molecular complexity index is 867. The fourth-order valence-corrected chi connectivity index (χ4v) is 2.50.